The van der Waals surface area contributed by atoms with E-state index in [9.17, 15) is 26.0 Å². The lowest BCUT2D eigenvalue weighted by atomic mass is 10.1. The van der Waals surface area contributed by atoms with Gasteiger partial charge in [0.05, 0.1) is 16.8 Å². The third-order valence-electron chi connectivity index (χ3n) is 3.75. The van der Waals surface area contributed by atoms with E-state index in [4.69, 9.17) is 0 Å². The van der Waals surface area contributed by atoms with Gasteiger partial charge in [0.25, 0.3) is 5.91 Å². The van der Waals surface area contributed by atoms with Crippen molar-refractivity contribution in [3.8, 4) is 0 Å². The molecule has 0 saturated heterocycles. The van der Waals surface area contributed by atoms with Crippen molar-refractivity contribution in [3.63, 3.8) is 0 Å². The van der Waals surface area contributed by atoms with Gasteiger partial charge in [0, 0.05) is 25.3 Å². The number of halogens is 1. The number of sulfonamides is 2. The first-order valence-corrected chi connectivity index (χ1v) is 11.3. The summed E-state index contributed by atoms with van der Waals surface area (Å²) in [5, 5.41) is 2.51. The zero-order valence-corrected chi connectivity index (χ0v) is 17.3. The topological polar surface area (TPSA) is 113 Å². The highest BCUT2D eigenvalue weighted by Gasteiger charge is 2.20. The molecule has 0 saturated carbocycles. The smallest absolute Gasteiger partial charge is 0.255 e. The lowest BCUT2D eigenvalue weighted by molar-refractivity contribution is 0.102. The number of aryl methyl sites for hydroxylation is 1. The Balaban J connectivity index is 2.37. The summed E-state index contributed by atoms with van der Waals surface area (Å²) in [5.74, 6) is -1.43. The number of hydrogen-bond acceptors (Lipinski definition) is 5. The summed E-state index contributed by atoms with van der Waals surface area (Å²) in [6.07, 6.45) is 0.873. The van der Waals surface area contributed by atoms with Crippen LogP contribution in [0.15, 0.2) is 41.3 Å². The summed E-state index contributed by atoms with van der Waals surface area (Å²) in [5.41, 5.74) is 0.468. The molecule has 0 aliphatic rings. The summed E-state index contributed by atoms with van der Waals surface area (Å²) in [4.78, 5) is 12.6. The molecule has 0 unspecified atom stereocenters. The Morgan fingerprint density at radius 2 is 1.68 bits per heavy atom. The van der Waals surface area contributed by atoms with Crippen molar-refractivity contribution >= 4 is 37.3 Å². The maximum atomic E-state index is 13.8. The fourth-order valence-corrected chi connectivity index (χ4v) is 3.78. The lowest BCUT2D eigenvalue weighted by Crippen LogP contribution is -2.23. The Morgan fingerprint density at radius 3 is 2.25 bits per heavy atom. The Bertz CT molecular complexity index is 1130. The normalized spacial score (nSPS) is 12.1. The van der Waals surface area contributed by atoms with Crippen molar-refractivity contribution in [3.05, 3.63) is 53.3 Å². The van der Waals surface area contributed by atoms with Gasteiger partial charge in [-0.05, 0) is 42.8 Å². The number of benzene rings is 2. The molecule has 2 aromatic carbocycles. The number of anilines is 2. The quantitative estimate of drug-likeness (QED) is 0.729. The molecule has 8 nitrogen and oxygen atoms in total. The third-order valence-corrected chi connectivity index (χ3v) is 6.15. The second-order valence-corrected chi connectivity index (χ2v) is 10.2. The van der Waals surface area contributed by atoms with Crippen LogP contribution in [0.25, 0.3) is 0 Å². The van der Waals surface area contributed by atoms with Gasteiger partial charge in [-0.3, -0.25) is 9.52 Å². The number of carbonyl (C=O) groups excluding carboxylic acids is 1. The predicted molar refractivity (Wildman–Crippen MR) is 105 cm³/mol. The van der Waals surface area contributed by atoms with E-state index >= 15 is 0 Å². The Morgan fingerprint density at radius 1 is 1.04 bits per heavy atom. The van der Waals surface area contributed by atoms with Gasteiger partial charge in [-0.15, -0.1) is 0 Å². The number of nitrogens with zero attached hydrogens (tertiary/aromatic N) is 1. The van der Waals surface area contributed by atoms with Gasteiger partial charge >= 0.3 is 0 Å². The largest absolute Gasteiger partial charge is 0.322 e. The minimum absolute atomic E-state index is 0.0493. The summed E-state index contributed by atoms with van der Waals surface area (Å²) < 4.78 is 64.0. The zero-order chi connectivity index (χ0) is 21.3. The molecular weight excluding hydrogens is 409 g/mol. The molecule has 11 heteroatoms. The molecule has 152 valence electrons. The van der Waals surface area contributed by atoms with Gasteiger partial charge in [-0.25, -0.2) is 25.5 Å². The van der Waals surface area contributed by atoms with Crippen LogP contribution in [0.5, 0.6) is 0 Å². The predicted octanol–water partition coefficient (Wildman–Crippen LogP) is 2.01. The van der Waals surface area contributed by atoms with Crippen LogP contribution in [0, 0.1) is 12.7 Å². The van der Waals surface area contributed by atoms with E-state index in [-0.39, 0.29) is 21.8 Å². The van der Waals surface area contributed by atoms with Crippen LogP contribution < -0.4 is 10.0 Å². The minimum atomic E-state index is -3.73. The van der Waals surface area contributed by atoms with Crippen molar-refractivity contribution in [1.29, 1.82) is 0 Å². The summed E-state index contributed by atoms with van der Waals surface area (Å²) in [6, 6.07) is 7.54. The van der Waals surface area contributed by atoms with E-state index in [0.717, 1.165) is 22.7 Å². The number of amides is 1. The highest BCUT2D eigenvalue weighted by molar-refractivity contribution is 7.92. The summed E-state index contributed by atoms with van der Waals surface area (Å²) in [6.45, 7) is 1.64. The van der Waals surface area contributed by atoms with Gasteiger partial charge in [0.1, 0.15) is 5.82 Å². The molecule has 2 aromatic rings. The average molecular weight is 429 g/mol. The fourth-order valence-electron chi connectivity index (χ4n) is 2.30. The number of carbonyl (C=O) groups is 1. The molecule has 0 radical (unpaired) electrons. The molecule has 0 spiro atoms. The van der Waals surface area contributed by atoms with E-state index in [1.807, 2.05) is 4.72 Å². The van der Waals surface area contributed by atoms with Crippen LogP contribution in [0.3, 0.4) is 0 Å². The van der Waals surface area contributed by atoms with Crippen molar-refractivity contribution in [1.82, 2.24) is 4.31 Å². The van der Waals surface area contributed by atoms with Gasteiger partial charge in [-0.1, -0.05) is 6.07 Å². The number of hydrogen-bond donors (Lipinski definition) is 2. The standard InChI is InChI=1S/C17H20FN3O5S2/c1-11-5-7-13(28(25,26)21(2)3)10-14(11)17(22)19-12-6-8-15(18)16(9-12)20-27(4,23)24/h5-10,20H,1-4H3,(H,19,22). The van der Waals surface area contributed by atoms with Gasteiger partial charge in [-0.2, -0.15) is 0 Å². The highest BCUT2D eigenvalue weighted by Crippen LogP contribution is 2.23. The first-order valence-electron chi connectivity index (χ1n) is 7.93. The maximum absolute atomic E-state index is 13.8. The van der Waals surface area contributed by atoms with Gasteiger partial charge in [0.15, 0.2) is 0 Å². The SMILES string of the molecule is Cc1ccc(S(=O)(=O)N(C)C)cc1C(=O)Nc1ccc(F)c(NS(C)(=O)=O)c1. The summed E-state index contributed by atoms with van der Waals surface area (Å²) in [7, 11) is -4.68. The molecule has 0 heterocycles. The van der Waals surface area contributed by atoms with Crippen molar-refractivity contribution < 1.29 is 26.0 Å². The third kappa shape index (κ3) is 5.06. The van der Waals surface area contributed by atoms with E-state index < -0.39 is 31.8 Å². The second-order valence-electron chi connectivity index (χ2n) is 6.29. The molecule has 2 N–H and O–H groups in total. The first-order chi connectivity index (χ1) is 12.8. The Labute approximate surface area is 163 Å². The van der Waals surface area contributed by atoms with Crippen LogP contribution >= 0.6 is 0 Å². The van der Waals surface area contributed by atoms with Gasteiger partial charge in [0.2, 0.25) is 20.0 Å². The van der Waals surface area contributed by atoms with Crippen LogP contribution in [-0.4, -0.2) is 47.4 Å². The molecule has 28 heavy (non-hydrogen) atoms. The van der Waals surface area contributed by atoms with Crippen molar-refractivity contribution in [2.75, 3.05) is 30.4 Å². The molecule has 2 rings (SSSR count). The van der Waals surface area contributed by atoms with Crippen LogP contribution in [0.1, 0.15) is 15.9 Å². The second kappa shape index (κ2) is 7.86. The zero-order valence-electron chi connectivity index (χ0n) is 15.6. The van der Waals surface area contributed by atoms with Crippen molar-refractivity contribution in [2.24, 2.45) is 0 Å². The highest BCUT2D eigenvalue weighted by atomic mass is 32.2. The Kier molecular flexibility index (Phi) is 6.12. The fraction of sp³-hybridized carbons (Fsp3) is 0.235. The number of rotatable bonds is 6. The Hall–Kier alpha value is -2.50. The minimum Gasteiger partial charge on any atom is -0.322 e. The van der Waals surface area contributed by atoms with Gasteiger partial charge < -0.3 is 5.32 Å². The average Bonchev–Trinajstić information content (AvgIpc) is 2.56. The van der Waals surface area contributed by atoms with E-state index in [1.54, 1.807) is 6.92 Å². The molecule has 0 aliphatic heterocycles. The maximum Gasteiger partial charge on any atom is 0.255 e. The van der Waals surface area contributed by atoms with Crippen LogP contribution in [-0.2, 0) is 20.0 Å². The lowest BCUT2D eigenvalue weighted by Gasteiger charge is -2.14. The number of nitrogens with one attached hydrogen (secondary N) is 2. The molecule has 1 amide bonds. The van der Waals surface area contributed by atoms with Crippen molar-refractivity contribution in [2.45, 2.75) is 11.8 Å². The van der Waals surface area contributed by atoms with Crippen LogP contribution in [0.2, 0.25) is 0 Å². The van der Waals surface area contributed by atoms with E-state index in [2.05, 4.69) is 5.32 Å². The molecule has 0 atom stereocenters. The van der Waals surface area contributed by atoms with E-state index in [0.29, 0.717) is 5.56 Å². The summed E-state index contributed by atoms with van der Waals surface area (Å²) >= 11 is 0. The molecular formula is C17H20FN3O5S2. The molecule has 0 aliphatic carbocycles. The van der Waals surface area contributed by atoms with Crippen LogP contribution in [0.4, 0.5) is 15.8 Å². The van der Waals surface area contributed by atoms with E-state index in [1.165, 1.54) is 38.4 Å². The molecule has 0 bridgehead atoms. The molecule has 0 fully saturated rings. The first kappa shape index (κ1) is 21.8. The monoisotopic (exact) mass is 429 g/mol. The molecule has 0 aromatic heterocycles.